The van der Waals surface area contributed by atoms with Crippen LogP contribution in [0.15, 0.2) is 84.9 Å². The molecule has 0 saturated heterocycles. The van der Waals surface area contributed by atoms with E-state index in [0.29, 0.717) is 5.69 Å². The van der Waals surface area contributed by atoms with Gasteiger partial charge in [0.1, 0.15) is 0 Å². The van der Waals surface area contributed by atoms with Gasteiger partial charge >= 0.3 is 0 Å². The monoisotopic (exact) mass is 411 g/mol. The number of benzene rings is 4. The Balaban J connectivity index is 1.81. The van der Waals surface area contributed by atoms with E-state index in [1.54, 1.807) is 12.1 Å². The van der Waals surface area contributed by atoms with Crippen molar-refractivity contribution in [3.63, 3.8) is 0 Å². The highest BCUT2D eigenvalue weighted by Crippen LogP contribution is 2.37. The van der Waals surface area contributed by atoms with Crippen molar-refractivity contribution < 1.29 is 22.0 Å². The van der Waals surface area contributed by atoms with Gasteiger partial charge in [-0.3, -0.25) is 0 Å². The van der Waals surface area contributed by atoms with Crippen LogP contribution in [0.2, 0.25) is 0 Å². The van der Waals surface area contributed by atoms with Gasteiger partial charge in [0.15, 0.2) is 23.3 Å². The molecule has 0 unspecified atom stereocenters. The molecule has 0 aromatic heterocycles. The molecule has 0 atom stereocenters. The van der Waals surface area contributed by atoms with Crippen molar-refractivity contribution in [2.24, 2.45) is 0 Å². The van der Waals surface area contributed by atoms with Crippen molar-refractivity contribution in [3.8, 4) is 11.1 Å². The second-order valence-electron chi connectivity index (χ2n) is 6.50. The number of hydrogen-bond donors (Lipinski definition) is 0. The molecule has 0 aliphatic heterocycles. The molecule has 4 rings (SSSR count). The van der Waals surface area contributed by atoms with Gasteiger partial charge < -0.3 is 4.90 Å². The van der Waals surface area contributed by atoms with Crippen molar-refractivity contribution in [1.82, 2.24) is 0 Å². The van der Waals surface area contributed by atoms with Gasteiger partial charge in [0, 0.05) is 17.1 Å². The van der Waals surface area contributed by atoms with Crippen LogP contribution in [-0.4, -0.2) is 0 Å². The summed E-state index contributed by atoms with van der Waals surface area (Å²) in [5.74, 6) is -9.83. The summed E-state index contributed by atoms with van der Waals surface area (Å²) >= 11 is 0. The fourth-order valence-corrected chi connectivity index (χ4v) is 3.24. The third-order valence-corrected chi connectivity index (χ3v) is 4.65. The molecule has 0 radical (unpaired) electrons. The van der Waals surface area contributed by atoms with Crippen LogP contribution in [0.5, 0.6) is 0 Å². The highest BCUT2D eigenvalue weighted by atomic mass is 19.2. The van der Waals surface area contributed by atoms with E-state index in [-0.39, 0.29) is 5.56 Å². The zero-order chi connectivity index (χ0) is 21.3. The first kappa shape index (κ1) is 19.6. The topological polar surface area (TPSA) is 3.24 Å². The summed E-state index contributed by atoms with van der Waals surface area (Å²) in [7, 11) is 0. The van der Waals surface area contributed by atoms with Gasteiger partial charge in [0.2, 0.25) is 5.82 Å². The molecular weight excluding hydrogens is 397 g/mol. The number of nitrogens with zero attached hydrogens (tertiary/aromatic N) is 1. The molecule has 0 spiro atoms. The molecule has 0 N–H and O–H groups in total. The standard InChI is InChI=1S/C24H14F5N/c25-20-19(21(26)23(28)24(29)22(20)27)15-11-13-18(14-12-15)30(16-7-3-1-4-8-16)17-9-5-2-6-10-17/h1-14H. The minimum atomic E-state index is -2.18. The maximum atomic E-state index is 14.1. The molecule has 0 bridgehead atoms. The van der Waals surface area contributed by atoms with Crippen LogP contribution in [0.3, 0.4) is 0 Å². The number of anilines is 3. The first-order valence-electron chi connectivity index (χ1n) is 9.01. The average Bonchev–Trinajstić information content (AvgIpc) is 2.79. The van der Waals surface area contributed by atoms with Crippen LogP contribution in [0.4, 0.5) is 39.0 Å². The number of para-hydroxylation sites is 2. The van der Waals surface area contributed by atoms with Crippen LogP contribution >= 0.6 is 0 Å². The highest BCUT2D eigenvalue weighted by Gasteiger charge is 2.26. The van der Waals surface area contributed by atoms with E-state index in [1.165, 1.54) is 12.1 Å². The second-order valence-corrected chi connectivity index (χ2v) is 6.50. The Morgan fingerprint density at radius 3 is 1.20 bits per heavy atom. The zero-order valence-corrected chi connectivity index (χ0v) is 15.4. The molecule has 0 heterocycles. The van der Waals surface area contributed by atoms with E-state index in [2.05, 4.69) is 0 Å². The lowest BCUT2D eigenvalue weighted by molar-refractivity contribution is 0.381. The van der Waals surface area contributed by atoms with Crippen LogP contribution < -0.4 is 4.90 Å². The SMILES string of the molecule is Fc1c(F)c(F)c(-c2ccc(N(c3ccccc3)c3ccccc3)cc2)c(F)c1F. The molecule has 6 heteroatoms. The maximum absolute atomic E-state index is 14.1. The number of hydrogen-bond acceptors (Lipinski definition) is 1. The lowest BCUT2D eigenvalue weighted by Gasteiger charge is -2.25. The van der Waals surface area contributed by atoms with E-state index in [1.807, 2.05) is 65.6 Å². The largest absolute Gasteiger partial charge is 0.311 e. The second kappa shape index (κ2) is 7.99. The van der Waals surface area contributed by atoms with Gasteiger partial charge in [-0.25, -0.2) is 22.0 Å². The highest BCUT2D eigenvalue weighted by molar-refractivity contribution is 5.78. The summed E-state index contributed by atoms with van der Waals surface area (Å²) in [6.45, 7) is 0. The minimum Gasteiger partial charge on any atom is -0.311 e. The Hall–Kier alpha value is -3.67. The predicted molar refractivity (Wildman–Crippen MR) is 106 cm³/mol. The molecule has 4 aromatic rings. The Bertz CT molecular complexity index is 1110. The third-order valence-electron chi connectivity index (χ3n) is 4.65. The lowest BCUT2D eigenvalue weighted by Crippen LogP contribution is -2.09. The van der Waals surface area contributed by atoms with E-state index < -0.39 is 34.6 Å². The lowest BCUT2D eigenvalue weighted by atomic mass is 10.0. The summed E-state index contributed by atoms with van der Waals surface area (Å²) in [5.41, 5.74) is 1.26. The van der Waals surface area contributed by atoms with Crippen molar-refractivity contribution >= 4 is 17.1 Å². The van der Waals surface area contributed by atoms with Gasteiger partial charge in [-0.05, 0) is 42.0 Å². The summed E-state index contributed by atoms with van der Waals surface area (Å²) in [6.07, 6.45) is 0. The fraction of sp³-hybridized carbons (Fsp3) is 0. The maximum Gasteiger partial charge on any atom is 0.200 e. The molecule has 0 saturated carbocycles. The molecule has 0 fully saturated rings. The molecule has 1 nitrogen and oxygen atoms in total. The Kier molecular flexibility index (Phi) is 5.23. The molecule has 0 aliphatic carbocycles. The summed E-state index contributed by atoms with van der Waals surface area (Å²) in [6, 6.07) is 24.6. The first-order valence-corrected chi connectivity index (χ1v) is 9.01. The van der Waals surface area contributed by atoms with Crippen LogP contribution in [-0.2, 0) is 0 Å². The van der Waals surface area contributed by atoms with E-state index in [9.17, 15) is 22.0 Å². The third kappa shape index (κ3) is 3.41. The van der Waals surface area contributed by atoms with Gasteiger partial charge in [-0.15, -0.1) is 0 Å². The molecule has 30 heavy (non-hydrogen) atoms. The average molecular weight is 411 g/mol. The Morgan fingerprint density at radius 1 is 0.400 bits per heavy atom. The summed E-state index contributed by atoms with van der Waals surface area (Å²) in [5, 5.41) is 0. The minimum absolute atomic E-state index is 0.118. The quantitative estimate of drug-likeness (QED) is 0.191. The summed E-state index contributed by atoms with van der Waals surface area (Å²) < 4.78 is 68.8. The predicted octanol–water partition coefficient (Wildman–Crippen LogP) is 7.52. The van der Waals surface area contributed by atoms with Crippen molar-refractivity contribution in [3.05, 3.63) is 114 Å². The fourth-order valence-electron chi connectivity index (χ4n) is 3.24. The van der Waals surface area contributed by atoms with Crippen LogP contribution in [0.25, 0.3) is 11.1 Å². The van der Waals surface area contributed by atoms with Crippen LogP contribution in [0, 0.1) is 29.1 Å². The smallest absolute Gasteiger partial charge is 0.200 e. The molecular formula is C24H14F5N. The first-order chi connectivity index (χ1) is 14.5. The van der Waals surface area contributed by atoms with E-state index in [0.717, 1.165) is 11.4 Å². The Morgan fingerprint density at radius 2 is 0.767 bits per heavy atom. The summed E-state index contributed by atoms with van der Waals surface area (Å²) in [4.78, 5) is 1.91. The number of rotatable bonds is 4. The zero-order valence-electron chi connectivity index (χ0n) is 15.4. The van der Waals surface area contributed by atoms with Crippen molar-refractivity contribution in [1.29, 1.82) is 0 Å². The number of halogens is 5. The van der Waals surface area contributed by atoms with Gasteiger partial charge in [-0.2, -0.15) is 0 Å². The van der Waals surface area contributed by atoms with Crippen molar-refractivity contribution in [2.45, 2.75) is 0 Å². The van der Waals surface area contributed by atoms with Gasteiger partial charge in [-0.1, -0.05) is 48.5 Å². The molecule has 4 aromatic carbocycles. The molecule has 0 amide bonds. The van der Waals surface area contributed by atoms with Gasteiger partial charge in [0.05, 0.1) is 5.56 Å². The normalized spacial score (nSPS) is 10.8. The Labute approximate surface area is 169 Å². The van der Waals surface area contributed by atoms with Crippen molar-refractivity contribution in [2.75, 3.05) is 4.90 Å². The van der Waals surface area contributed by atoms with E-state index >= 15 is 0 Å². The van der Waals surface area contributed by atoms with Gasteiger partial charge in [0.25, 0.3) is 0 Å². The van der Waals surface area contributed by atoms with E-state index in [4.69, 9.17) is 0 Å². The molecule has 150 valence electrons. The molecule has 0 aliphatic rings. The van der Waals surface area contributed by atoms with Crippen LogP contribution in [0.1, 0.15) is 0 Å².